The standard InChI is InChI=1S/C22H31N5O2/c1-22(2,14-29-20-17(15-7-8-15)6-5-9-23-20)21(28)25-19-13-26(3)12-18(19)16-10-24-27(4)11-16/h5-6,9-11,15,18-19H,7-8,12-14H2,1-4H3,(H,25,28). The highest BCUT2D eigenvalue weighted by atomic mass is 16.5. The van der Waals surface area contributed by atoms with Crippen molar-refractivity contribution in [3.63, 3.8) is 0 Å². The minimum absolute atomic E-state index is 0.00981. The number of rotatable bonds is 7. The van der Waals surface area contributed by atoms with E-state index in [1.165, 1.54) is 18.4 Å². The number of ether oxygens (including phenoxy) is 1. The second-order valence-corrected chi connectivity index (χ2v) is 9.20. The summed E-state index contributed by atoms with van der Waals surface area (Å²) in [5, 5.41) is 7.57. The number of aromatic nitrogens is 3. The zero-order valence-electron chi connectivity index (χ0n) is 17.8. The van der Waals surface area contributed by atoms with Crippen LogP contribution in [0.4, 0.5) is 0 Å². The van der Waals surface area contributed by atoms with Crippen molar-refractivity contribution in [1.82, 2.24) is 25.0 Å². The van der Waals surface area contributed by atoms with Crippen molar-refractivity contribution in [3.05, 3.63) is 41.9 Å². The monoisotopic (exact) mass is 397 g/mol. The Balaban J connectivity index is 1.40. The van der Waals surface area contributed by atoms with Crippen molar-refractivity contribution >= 4 is 5.91 Å². The predicted octanol–water partition coefficient (Wildman–Crippen LogP) is 2.31. The average molecular weight is 398 g/mol. The summed E-state index contributed by atoms with van der Waals surface area (Å²) in [6.07, 6.45) is 8.07. The third kappa shape index (κ3) is 4.45. The molecule has 1 aliphatic heterocycles. The lowest BCUT2D eigenvalue weighted by atomic mass is 9.91. The number of pyridine rings is 1. The van der Waals surface area contributed by atoms with E-state index in [0.29, 0.717) is 18.4 Å². The number of nitrogens with zero attached hydrogens (tertiary/aromatic N) is 4. The summed E-state index contributed by atoms with van der Waals surface area (Å²) in [6.45, 7) is 5.90. The Hall–Kier alpha value is -2.41. The predicted molar refractivity (Wildman–Crippen MR) is 111 cm³/mol. The van der Waals surface area contributed by atoms with Gasteiger partial charge in [0.05, 0.1) is 11.6 Å². The quantitative estimate of drug-likeness (QED) is 0.776. The molecule has 7 heteroatoms. The molecule has 2 aromatic heterocycles. The fourth-order valence-corrected chi connectivity index (χ4v) is 4.02. The smallest absolute Gasteiger partial charge is 0.229 e. The minimum atomic E-state index is -0.654. The molecule has 156 valence electrons. The molecule has 1 saturated heterocycles. The van der Waals surface area contributed by atoms with Crippen LogP contribution in [0.1, 0.15) is 49.7 Å². The van der Waals surface area contributed by atoms with Gasteiger partial charge in [0.1, 0.15) is 6.61 Å². The van der Waals surface area contributed by atoms with Crippen molar-refractivity contribution in [1.29, 1.82) is 0 Å². The summed E-state index contributed by atoms with van der Waals surface area (Å²) in [7, 11) is 4.01. The Kier molecular flexibility index (Phi) is 5.34. The molecule has 2 fully saturated rings. The van der Waals surface area contributed by atoms with Gasteiger partial charge in [-0.25, -0.2) is 4.98 Å². The van der Waals surface area contributed by atoms with E-state index in [-0.39, 0.29) is 17.9 Å². The van der Waals surface area contributed by atoms with Crippen molar-refractivity contribution in [2.75, 3.05) is 26.7 Å². The topological polar surface area (TPSA) is 72.3 Å². The van der Waals surface area contributed by atoms with Gasteiger partial charge in [-0.3, -0.25) is 9.48 Å². The summed E-state index contributed by atoms with van der Waals surface area (Å²) in [5.41, 5.74) is 1.68. The van der Waals surface area contributed by atoms with E-state index in [1.807, 2.05) is 44.0 Å². The number of hydrogen-bond acceptors (Lipinski definition) is 5. The summed E-state index contributed by atoms with van der Waals surface area (Å²) >= 11 is 0. The van der Waals surface area contributed by atoms with E-state index in [4.69, 9.17) is 4.74 Å². The van der Waals surface area contributed by atoms with Crippen LogP contribution in [0.3, 0.4) is 0 Å². The molecule has 0 aromatic carbocycles. The lowest BCUT2D eigenvalue weighted by Crippen LogP contribution is -2.47. The van der Waals surface area contributed by atoms with Crippen LogP contribution in [-0.4, -0.2) is 58.4 Å². The first-order valence-corrected chi connectivity index (χ1v) is 10.4. The fourth-order valence-electron chi connectivity index (χ4n) is 4.02. The van der Waals surface area contributed by atoms with Gasteiger partial charge < -0.3 is 15.0 Å². The molecule has 4 rings (SSSR count). The molecule has 1 saturated carbocycles. The summed E-state index contributed by atoms with van der Waals surface area (Å²) < 4.78 is 7.84. The number of hydrogen-bond donors (Lipinski definition) is 1. The molecule has 2 unspecified atom stereocenters. The van der Waals surface area contributed by atoms with Crippen LogP contribution in [0.25, 0.3) is 0 Å². The maximum Gasteiger partial charge on any atom is 0.229 e. The molecule has 29 heavy (non-hydrogen) atoms. The molecule has 2 aliphatic rings. The third-order valence-corrected chi connectivity index (χ3v) is 5.97. The van der Waals surface area contributed by atoms with Crippen LogP contribution in [0.15, 0.2) is 30.7 Å². The molecule has 3 heterocycles. The summed E-state index contributed by atoms with van der Waals surface area (Å²) in [4.78, 5) is 19.8. The van der Waals surface area contributed by atoms with Crippen LogP contribution in [0.5, 0.6) is 5.88 Å². The van der Waals surface area contributed by atoms with Crippen LogP contribution in [0, 0.1) is 5.41 Å². The van der Waals surface area contributed by atoms with Gasteiger partial charge in [-0.2, -0.15) is 5.10 Å². The van der Waals surface area contributed by atoms with Crippen LogP contribution >= 0.6 is 0 Å². The lowest BCUT2D eigenvalue weighted by molar-refractivity contribution is -0.131. The SMILES string of the molecule is CN1CC(NC(=O)C(C)(C)COc2ncccc2C2CC2)C(c2cnn(C)c2)C1. The molecule has 1 aliphatic carbocycles. The minimum Gasteiger partial charge on any atom is -0.476 e. The van der Waals surface area contributed by atoms with Crippen LogP contribution in [-0.2, 0) is 11.8 Å². The zero-order chi connectivity index (χ0) is 20.6. The van der Waals surface area contributed by atoms with Crippen LogP contribution in [0.2, 0.25) is 0 Å². The molecule has 1 amide bonds. The van der Waals surface area contributed by atoms with Gasteiger partial charge in [0.25, 0.3) is 0 Å². The highest BCUT2D eigenvalue weighted by Gasteiger charge is 2.38. The van der Waals surface area contributed by atoms with Gasteiger partial charge in [-0.15, -0.1) is 0 Å². The van der Waals surface area contributed by atoms with E-state index in [0.717, 1.165) is 18.7 Å². The number of likely N-dealkylation sites (N-methyl/N-ethyl adjacent to an activating group) is 1. The lowest BCUT2D eigenvalue weighted by Gasteiger charge is -2.28. The summed E-state index contributed by atoms with van der Waals surface area (Å²) in [6, 6.07) is 4.10. The second kappa shape index (κ2) is 7.78. The number of likely N-dealkylation sites (tertiary alicyclic amines) is 1. The molecular formula is C22H31N5O2. The number of amides is 1. The van der Waals surface area contributed by atoms with Crippen molar-refractivity contribution in [2.24, 2.45) is 12.5 Å². The zero-order valence-corrected chi connectivity index (χ0v) is 17.8. The van der Waals surface area contributed by atoms with Gasteiger partial charge in [0, 0.05) is 50.1 Å². The Morgan fingerprint density at radius 3 is 2.79 bits per heavy atom. The van der Waals surface area contributed by atoms with E-state index < -0.39 is 5.41 Å². The average Bonchev–Trinajstić information content (AvgIpc) is 3.34. The molecule has 2 atom stereocenters. The molecule has 7 nitrogen and oxygen atoms in total. The Morgan fingerprint density at radius 2 is 2.10 bits per heavy atom. The first-order chi connectivity index (χ1) is 13.8. The molecule has 1 N–H and O–H groups in total. The number of aryl methyl sites for hydroxylation is 1. The van der Waals surface area contributed by atoms with Crippen molar-refractivity contribution < 1.29 is 9.53 Å². The van der Waals surface area contributed by atoms with Gasteiger partial charge >= 0.3 is 0 Å². The Morgan fingerprint density at radius 1 is 1.31 bits per heavy atom. The van der Waals surface area contributed by atoms with E-state index in [9.17, 15) is 4.79 Å². The first kappa shape index (κ1) is 19.9. The van der Waals surface area contributed by atoms with Gasteiger partial charge in [-0.05, 0) is 51.3 Å². The van der Waals surface area contributed by atoms with E-state index in [1.54, 1.807) is 6.20 Å². The first-order valence-electron chi connectivity index (χ1n) is 10.4. The molecule has 0 spiro atoms. The molecule has 0 bridgehead atoms. The van der Waals surface area contributed by atoms with Gasteiger partial charge in [-0.1, -0.05) is 6.07 Å². The maximum absolute atomic E-state index is 13.1. The molecule has 2 aromatic rings. The summed E-state index contributed by atoms with van der Waals surface area (Å²) in [5.74, 6) is 1.48. The highest BCUT2D eigenvalue weighted by Crippen LogP contribution is 2.43. The Labute approximate surface area is 172 Å². The maximum atomic E-state index is 13.1. The van der Waals surface area contributed by atoms with Gasteiger partial charge in [0.15, 0.2) is 0 Å². The largest absolute Gasteiger partial charge is 0.476 e. The highest BCUT2D eigenvalue weighted by molar-refractivity contribution is 5.82. The number of carbonyl (C=O) groups is 1. The molecule has 0 radical (unpaired) electrons. The van der Waals surface area contributed by atoms with Gasteiger partial charge in [0.2, 0.25) is 11.8 Å². The number of nitrogens with one attached hydrogen (secondary N) is 1. The van der Waals surface area contributed by atoms with E-state index in [2.05, 4.69) is 33.4 Å². The van der Waals surface area contributed by atoms with Crippen molar-refractivity contribution in [2.45, 2.75) is 44.6 Å². The Bertz CT molecular complexity index is 874. The molecular weight excluding hydrogens is 366 g/mol. The van der Waals surface area contributed by atoms with Crippen LogP contribution < -0.4 is 10.1 Å². The second-order valence-electron chi connectivity index (χ2n) is 9.20. The van der Waals surface area contributed by atoms with E-state index >= 15 is 0 Å². The van der Waals surface area contributed by atoms with Crippen molar-refractivity contribution in [3.8, 4) is 5.88 Å². The fraction of sp³-hybridized carbons (Fsp3) is 0.591. The normalized spacial score (nSPS) is 22.6. The third-order valence-electron chi connectivity index (χ3n) is 5.97. The number of carbonyl (C=O) groups excluding carboxylic acids is 1.